The second kappa shape index (κ2) is 29.4. The monoisotopic (exact) mass is 508 g/mol. The van der Waals surface area contributed by atoms with Gasteiger partial charge in [0.2, 0.25) is 0 Å². The number of esters is 2. The first-order valence-electron chi connectivity index (χ1n) is 11.2. The van der Waals surface area contributed by atoms with Gasteiger partial charge in [0.25, 0.3) is 0 Å². The van der Waals surface area contributed by atoms with Crippen LogP contribution in [-0.2, 0) is 38.2 Å². The molecular formula is C24H44O11. The van der Waals surface area contributed by atoms with Crippen molar-refractivity contribution in [2.45, 2.75) is 92.4 Å². The first kappa shape index (κ1) is 39.5. The van der Waals surface area contributed by atoms with E-state index < -0.39 is 17.9 Å². The van der Waals surface area contributed by atoms with E-state index >= 15 is 0 Å². The summed E-state index contributed by atoms with van der Waals surface area (Å²) in [5, 5.41) is 24.2. The van der Waals surface area contributed by atoms with Crippen molar-refractivity contribution < 1.29 is 53.6 Å². The Morgan fingerprint density at radius 1 is 0.543 bits per heavy atom. The van der Waals surface area contributed by atoms with Crippen LogP contribution in [0.3, 0.4) is 0 Å². The summed E-state index contributed by atoms with van der Waals surface area (Å²) in [6.45, 7) is 5.12. The first-order valence-corrected chi connectivity index (χ1v) is 11.2. The van der Waals surface area contributed by atoms with Gasteiger partial charge < -0.3 is 39.2 Å². The molecule has 0 rings (SSSR count). The number of hydrogen-bond donors (Lipinski definition) is 3. The molecule has 206 valence electrons. The molecular weight excluding hydrogens is 464 g/mol. The topological polar surface area (TPSA) is 182 Å². The van der Waals surface area contributed by atoms with Gasteiger partial charge in [0.1, 0.15) is 17.3 Å². The fraction of sp³-hybridized carbons (Fsp3) is 0.750. The van der Waals surface area contributed by atoms with Crippen LogP contribution in [0.4, 0.5) is 0 Å². The highest BCUT2D eigenvalue weighted by Crippen LogP contribution is 1.99. The summed E-state index contributed by atoms with van der Waals surface area (Å²) in [4.78, 5) is 63.4. The van der Waals surface area contributed by atoms with E-state index in [1.807, 2.05) is 0 Å². The molecule has 0 amide bonds. The molecule has 0 aliphatic carbocycles. The molecule has 0 heterocycles. The van der Waals surface area contributed by atoms with Crippen molar-refractivity contribution in [2.75, 3.05) is 26.4 Å². The van der Waals surface area contributed by atoms with Crippen LogP contribution in [0.15, 0.2) is 0 Å². The lowest BCUT2D eigenvalue weighted by atomic mass is 10.2. The molecule has 0 aromatic rings. The zero-order valence-electron chi connectivity index (χ0n) is 20.5. The van der Waals surface area contributed by atoms with Gasteiger partial charge in [-0.2, -0.15) is 0 Å². The Labute approximate surface area is 208 Å². The maximum atomic E-state index is 11.1. The third kappa shape index (κ3) is 45.5. The molecule has 0 aliphatic heterocycles. The minimum absolute atomic E-state index is 0. The molecule has 35 heavy (non-hydrogen) atoms. The molecule has 0 bridgehead atoms. The molecule has 0 atom stereocenters. The van der Waals surface area contributed by atoms with Crippen molar-refractivity contribution in [1.29, 1.82) is 0 Å². The van der Waals surface area contributed by atoms with Gasteiger partial charge in [0.15, 0.2) is 0 Å². The van der Waals surface area contributed by atoms with E-state index in [1.165, 1.54) is 20.8 Å². The number of hydrogen-bond acceptors (Lipinski definition) is 10. The SMILES string of the molecule is C.CC(=O)CCC(=O)O.CC(=O)CCC(=O)OCCCCOC(=O)CCC(C)=O.OCCCCO. The lowest BCUT2D eigenvalue weighted by molar-refractivity contribution is -0.146. The summed E-state index contributed by atoms with van der Waals surface area (Å²) in [6.07, 6.45) is 3.33. The van der Waals surface area contributed by atoms with Crippen molar-refractivity contribution in [1.82, 2.24) is 0 Å². The lowest BCUT2D eigenvalue weighted by Crippen LogP contribution is -2.10. The number of unbranched alkanes of at least 4 members (excludes halogenated alkanes) is 2. The van der Waals surface area contributed by atoms with Crippen molar-refractivity contribution in [3.8, 4) is 0 Å². The highest BCUT2D eigenvalue weighted by atomic mass is 16.5. The van der Waals surface area contributed by atoms with Gasteiger partial charge in [-0.3, -0.25) is 14.4 Å². The zero-order chi connectivity index (χ0) is 26.8. The Morgan fingerprint density at radius 3 is 1.09 bits per heavy atom. The maximum Gasteiger partial charge on any atom is 0.306 e. The predicted octanol–water partition coefficient (Wildman–Crippen LogP) is 2.42. The molecule has 0 fully saturated rings. The van der Waals surface area contributed by atoms with Gasteiger partial charge in [-0.15, -0.1) is 0 Å². The van der Waals surface area contributed by atoms with Crippen LogP contribution < -0.4 is 0 Å². The molecule has 0 saturated carbocycles. The highest BCUT2D eigenvalue weighted by molar-refractivity contribution is 5.81. The van der Waals surface area contributed by atoms with Gasteiger partial charge in [-0.1, -0.05) is 7.43 Å². The molecule has 11 heteroatoms. The molecule has 0 unspecified atom stereocenters. The number of aliphatic hydroxyl groups is 2. The summed E-state index contributed by atoms with van der Waals surface area (Å²) >= 11 is 0. The van der Waals surface area contributed by atoms with Crippen molar-refractivity contribution in [3.05, 3.63) is 0 Å². The number of carboxylic acid groups (broad SMARTS) is 1. The number of carboxylic acids is 1. The van der Waals surface area contributed by atoms with E-state index in [-0.39, 0.29) is 89.7 Å². The molecule has 0 aromatic carbocycles. The van der Waals surface area contributed by atoms with E-state index in [0.717, 1.165) is 12.8 Å². The number of ketones is 3. The normalized spacial score (nSPS) is 9.17. The van der Waals surface area contributed by atoms with E-state index in [9.17, 15) is 28.8 Å². The van der Waals surface area contributed by atoms with Crippen LogP contribution in [0.25, 0.3) is 0 Å². The zero-order valence-corrected chi connectivity index (χ0v) is 20.5. The summed E-state index contributed by atoms with van der Waals surface area (Å²) in [5.74, 6) is -1.86. The Hall–Kier alpha value is -2.66. The number of Topliss-reactive ketones (excluding diaryl/α,β-unsaturated/α-hetero) is 3. The minimum Gasteiger partial charge on any atom is -0.481 e. The number of aliphatic hydroxyl groups excluding tert-OH is 2. The molecule has 11 nitrogen and oxygen atoms in total. The van der Waals surface area contributed by atoms with Crippen molar-refractivity contribution >= 4 is 35.3 Å². The van der Waals surface area contributed by atoms with Gasteiger partial charge in [-0.25, -0.2) is 0 Å². The maximum absolute atomic E-state index is 11.1. The highest BCUT2D eigenvalue weighted by Gasteiger charge is 2.06. The summed E-state index contributed by atoms with van der Waals surface area (Å²) in [6, 6.07) is 0. The van der Waals surface area contributed by atoms with Gasteiger partial charge >= 0.3 is 17.9 Å². The van der Waals surface area contributed by atoms with Crippen LogP contribution in [0, 0.1) is 0 Å². The average molecular weight is 509 g/mol. The fourth-order valence-corrected chi connectivity index (χ4v) is 1.78. The second-order valence-electron chi connectivity index (χ2n) is 7.30. The number of ether oxygens (including phenoxy) is 2. The third-order valence-electron chi connectivity index (χ3n) is 3.68. The van der Waals surface area contributed by atoms with Crippen LogP contribution in [0.5, 0.6) is 0 Å². The Morgan fingerprint density at radius 2 is 0.857 bits per heavy atom. The number of carbonyl (C=O) groups excluding carboxylic acids is 5. The van der Waals surface area contributed by atoms with Crippen LogP contribution >= 0.6 is 0 Å². The second-order valence-corrected chi connectivity index (χ2v) is 7.30. The van der Waals surface area contributed by atoms with E-state index in [4.69, 9.17) is 24.8 Å². The minimum atomic E-state index is -0.916. The van der Waals surface area contributed by atoms with Crippen LogP contribution in [0.2, 0.25) is 0 Å². The number of carbonyl (C=O) groups is 6. The lowest BCUT2D eigenvalue weighted by Gasteiger charge is -2.05. The van der Waals surface area contributed by atoms with E-state index in [1.54, 1.807) is 0 Å². The van der Waals surface area contributed by atoms with Gasteiger partial charge in [-0.05, 0) is 46.5 Å². The standard InChI is InChI=1S/C14H22O6.C5H8O3.C4H10O2.CH4/c1-11(15)5-7-13(17)19-9-3-4-10-20-14(18)8-6-12(2)16;1-4(6)2-3-5(7)8;5-3-1-2-4-6;/h3-10H2,1-2H3;2-3H2,1H3,(H,7,8);5-6H,1-4H2;1H4. The molecule has 0 aromatic heterocycles. The largest absolute Gasteiger partial charge is 0.481 e. The Kier molecular flexibility index (Phi) is 33.2. The summed E-state index contributed by atoms with van der Waals surface area (Å²) in [7, 11) is 0. The smallest absolute Gasteiger partial charge is 0.306 e. The van der Waals surface area contributed by atoms with Crippen molar-refractivity contribution in [3.63, 3.8) is 0 Å². The fourth-order valence-electron chi connectivity index (χ4n) is 1.78. The summed E-state index contributed by atoms with van der Waals surface area (Å²) < 4.78 is 9.80. The Balaban J connectivity index is -0.000000263. The summed E-state index contributed by atoms with van der Waals surface area (Å²) in [5.41, 5.74) is 0. The quantitative estimate of drug-likeness (QED) is 0.194. The average Bonchev–Trinajstić information content (AvgIpc) is 2.76. The number of aliphatic carboxylic acids is 1. The van der Waals surface area contributed by atoms with E-state index in [2.05, 4.69) is 0 Å². The molecule has 0 radical (unpaired) electrons. The van der Waals surface area contributed by atoms with Gasteiger partial charge in [0, 0.05) is 32.5 Å². The molecule has 0 aliphatic rings. The first-order chi connectivity index (χ1) is 16.0. The molecule has 3 N–H and O–H groups in total. The number of rotatable bonds is 17. The van der Waals surface area contributed by atoms with Gasteiger partial charge in [0.05, 0.1) is 32.5 Å². The van der Waals surface area contributed by atoms with Crippen LogP contribution in [-0.4, -0.2) is 77.0 Å². The van der Waals surface area contributed by atoms with Crippen LogP contribution in [0.1, 0.15) is 92.4 Å². The van der Waals surface area contributed by atoms with E-state index in [0.29, 0.717) is 12.8 Å². The van der Waals surface area contributed by atoms with Crippen molar-refractivity contribution in [2.24, 2.45) is 0 Å². The molecule has 0 spiro atoms. The predicted molar refractivity (Wildman–Crippen MR) is 129 cm³/mol. The Bertz CT molecular complexity index is 548. The third-order valence-corrected chi connectivity index (χ3v) is 3.68. The molecule has 0 saturated heterocycles.